The third-order valence-electron chi connectivity index (χ3n) is 3.19. The summed E-state index contributed by atoms with van der Waals surface area (Å²) in [5.41, 5.74) is 0. The zero-order valence-electron chi connectivity index (χ0n) is 11.0. The second kappa shape index (κ2) is 6.49. The van der Waals surface area contributed by atoms with Crippen LogP contribution >= 0.6 is 0 Å². The van der Waals surface area contributed by atoms with Crippen molar-refractivity contribution in [3.05, 3.63) is 0 Å². The van der Waals surface area contributed by atoms with E-state index in [2.05, 4.69) is 18.7 Å². The molecule has 1 rings (SSSR count). The largest absolute Gasteiger partial charge is 0.481 e. The first-order valence-corrected chi connectivity index (χ1v) is 7.87. The molecule has 0 unspecified atom stereocenters. The lowest BCUT2D eigenvalue weighted by atomic mass is 10.3. The van der Waals surface area contributed by atoms with Crippen LogP contribution in [0.25, 0.3) is 0 Å². The number of hydrogen-bond acceptors (Lipinski definition) is 4. The Kier molecular flexibility index (Phi) is 5.55. The first-order chi connectivity index (χ1) is 8.33. The second-order valence-corrected chi connectivity index (χ2v) is 6.93. The zero-order chi connectivity index (χ0) is 13.8. The SMILES string of the molecule is CC(C)N1CCN(S(=O)(=O)CCCC(=O)O)CC1. The van der Waals surface area contributed by atoms with Gasteiger partial charge in [0.2, 0.25) is 10.0 Å². The molecule has 0 saturated carbocycles. The Balaban J connectivity index is 2.43. The fourth-order valence-electron chi connectivity index (χ4n) is 2.03. The highest BCUT2D eigenvalue weighted by atomic mass is 32.2. The quantitative estimate of drug-likeness (QED) is 0.751. The van der Waals surface area contributed by atoms with E-state index in [0.29, 0.717) is 19.1 Å². The number of nitrogens with zero attached hydrogens (tertiary/aromatic N) is 2. The van der Waals surface area contributed by atoms with Crippen LogP contribution in [0.4, 0.5) is 0 Å². The third kappa shape index (κ3) is 4.55. The van der Waals surface area contributed by atoms with E-state index in [4.69, 9.17) is 5.11 Å². The highest BCUT2D eigenvalue weighted by Crippen LogP contribution is 2.11. The molecule has 0 bridgehead atoms. The number of carboxylic acid groups (broad SMARTS) is 1. The van der Waals surface area contributed by atoms with Crippen LogP contribution in [0.3, 0.4) is 0 Å². The van der Waals surface area contributed by atoms with Crippen LogP contribution in [0, 0.1) is 0 Å². The molecule has 0 radical (unpaired) electrons. The third-order valence-corrected chi connectivity index (χ3v) is 5.15. The van der Waals surface area contributed by atoms with Gasteiger partial charge in [-0.15, -0.1) is 0 Å². The van der Waals surface area contributed by atoms with Crippen molar-refractivity contribution in [2.24, 2.45) is 0 Å². The molecule has 1 N–H and O–H groups in total. The summed E-state index contributed by atoms with van der Waals surface area (Å²) in [7, 11) is -3.28. The molecule has 0 aliphatic carbocycles. The summed E-state index contributed by atoms with van der Waals surface area (Å²) in [5.74, 6) is -1.02. The second-order valence-electron chi connectivity index (χ2n) is 4.84. The Labute approximate surface area is 109 Å². The molecule has 0 atom stereocenters. The topological polar surface area (TPSA) is 77.9 Å². The molecule has 18 heavy (non-hydrogen) atoms. The Morgan fingerprint density at radius 3 is 2.22 bits per heavy atom. The number of aliphatic carboxylic acids is 1. The summed E-state index contributed by atoms with van der Waals surface area (Å²) >= 11 is 0. The van der Waals surface area contributed by atoms with Gasteiger partial charge < -0.3 is 5.11 Å². The minimum Gasteiger partial charge on any atom is -0.481 e. The average molecular weight is 278 g/mol. The number of piperazine rings is 1. The normalized spacial score (nSPS) is 19.3. The minimum atomic E-state index is -3.28. The molecule has 0 aromatic rings. The predicted octanol–water partition coefficient (Wildman–Crippen LogP) is 0.207. The number of sulfonamides is 1. The summed E-state index contributed by atoms with van der Waals surface area (Å²) in [4.78, 5) is 12.6. The Hall–Kier alpha value is -0.660. The Bertz CT molecular complexity index is 373. The molecular weight excluding hydrogens is 256 g/mol. The van der Waals surface area contributed by atoms with E-state index in [-0.39, 0.29) is 18.6 Å². The molecule has 7 heteroatoms. The fourth-order valence-corrected chi connectivity index (χ4v) is 3.52. The van der Waals surface area contributed by atoms with Crippen LogP contribution in [-0.4, -0.2) is 66.7 Å². The summed E-state index contributed by atoms with van der Waals surface area (Å²) < 4.78 is 25.4. The molecule has 1 aliphatic rings. The summed E-state index contributed by atoms with van der Waals surface area (Å²) in [6.07, 6.45) is 0.0905. The summed E-state index contributed by atoms with van der Waals surface area (Å²) in [5, 5.41) is 8.50. The maximum Gasteiger partial charge on any atom is 0.303 e. The van der Waals surface area contributed by atoms with Gasteiger partial charge in [-0.25, -0.2) is 8.42 Å². The molecule has 0 aromatic heterocycles. The van der Waals surface area contributed by atoms with Gasteiger partial charge in [0.1, 0.15) is 0 Å². The first kappa shape index (κ1) is 15.4. The molecule has 0 aromatic carbocycles. The van der Waals surface area contributed by atoms with Crippen molar-refractivity contribution in [1.29, 1.82) is 0 Å². The van der Waals surface area contributed by atoms with Gasteiger partial charge in [-0.2, -0.15) is 4.31 Å². The van der Waals surface area contributed by atoms with Gasteiger partial charge >= 0.3 is 5.97 Å². The Morgan fingerprint density at radius 2 is 1.78 bits per heavy atom. The van der Waals surface area contributed by atoms with E-state index in [0.717, 1.165) is 13.1 Å². The molecule has 106 valence electrons. The highest BCUT2D eigenvalue weighted by molar-refractivity contribution is 7.89. The van der Waals surface area contributed by atoms with Crippen molar-refractivity contribution in [3.63, 3.8) is 0 Å². The molecule has 1 fully saturated rings. The zero-order valence-corrected chi connectivity index (χ0v) is 11.8. The van der Waals surface area contributed by atoms with Crippen LogP contribution in [-0.2, 0) is 14.8 Å². The van der Waals surface area contributed by atoms with Crippen molar-refractivity contribution in [2.45, 2.75) is 32.7 Å². The van der Waals surface area contributed by atoms with Gasteiger partial charge in [0.15, 0.2) is 0 Å². The first-order valence-electron chi connectivity index (χ1n) is 6.26. The number of rotatable bonds is 6. The van der Waals surface area contributed by atoms with Crippen molar-refractivity contribution >= 4 is 16.0 Å². The molecule has 0 spiro atoms. The van der Waals surface area contributed by atoms with E-state index in [1.807, 2.05) is 0 Å². The van der Waals surface area contributed by atoms with Crippen molar-refractivity contribution < 1.29 is 18.3 Å². The van der Waals surface area contributed by atoms with E-state index < -0.39 is 16.0 Å². The number of carbonyl (C=O) groups is 1. The monoisotopic (exact) mass is 278 g/mol. The summed E-state index contributed by atoms with van der Waals surface area (Å²) in [6, 6.07) is 0.432. The molecule has 1 heterocycles. The number of hydrogen-bond donors (Lipinski definition) is 1. The number of carboxylic acids is 1. The standard InChI is InChI=1S/C11H22N2O4S/c1-10(2)12-5-7-13(8-6-12)18(16,17)9-3-4-11(14)15/h10H,3-9H2,1-2H3,(H,14,15). The fraction of sp³-hybridized carbons (Fsp3) is 0.909. The van der Waals surface area contributed by atoms with Crippen molar-refractivity contribution in [3.8, 4) is 0 Å². The molecule has 0 amide bonds. The van der Waals surface area contributed by atoms with Crippen molar-refractivity contribution in [1.82, 2.24) is 9.21 Å². The lowest BCUT2D eigenvalue weighted by Crippen LogP contribution is -2.51. The van der Waals surface area contributed by atoms with Gasteiger partial charge in [-0.1, -0.05) is 0 Å². The van der Waals surface area contributed by atoms with Gasteiger partial charge in [0, 0.05) is 38.6 Å². The van der Waals surface area contributed by atoms with E-state index in [1.165, 1.54) is 4.31 Å². The van der Waals surface area contributed by atoms with Gasteiger partial charge in [-0.05, 0) is 20.3 Å². The van der Waals surface area contributed by atoms with E-state index in [9.17, 15) is 13.2 Å². The average Bonchev–Trinajstić information content (AvgIpc) is 2.28. The van der Waals surface area contributed by atoms with Gasteiger partial charge in [0.05, 0.1) is 5.75 Å². The molecule has 1 aliphatic heterocycles. The molecule has 1 saturated heterocycles. The van der Waals surface area contributed by atoms with Crippen molar-refractivity contribution in [2.75, 3.05) is 31.9 Å². The van der Waals surface area contributed by atoms with Crippen LogP contribution in [0.2, 0.25) is 0 Å². The summed E-state index contributed by atoms with van der Waals surface area (Å²) in [6.45, 7) is 6.70. The van der Waals surface area contributed by atoms with E-state index >= 15 is 0 Å². The predicted molar refractivity (Wildman–Crippen MR) is 68.9 cm³/mol. The Morgan fingerprint density at radius 1 is 1.22 bits per heavy atom. The van der Waals surface area contributed by atoms with Crippen LogP contribution < -0.4 is 0 Å². The van der Waals surface area contributed by atoms with Crippen LogP contribution in [0.5, 0.6) is 0 Å². The lowest BCUT2D eigenvalue weighted by Gasteiger charge is -2.36. The lowest BCUT2D eigenvalue weighted by molar-refractivity contribution is -0.137. The van der Waals surface area contributed by atoms with Gasteiger partial charge in [-0.3, -0.25) is 9.69 Å². The van der Waals surface area contributed by atoms with E-state index in [1.54, 1.807) is 0 Å². The highest BCUT2D eigenvalue weighted by Gasteiger charge is 2.27. The molecular formula is C11H22N2O4S. The van der Waals surface area contributed by atoms with Gasteiger partial charge in [0.25, 0.3) is 0 Å². The van der Waals surface area contributed by atoms with Crippen LogP contribution in [0.1, 0.15) is 26.7 Å². The molecule has 6 nitrogen and oxygen atoms in total. The maximum atomic E-state index is 12.0. The van der Waals surface area contributed by atoms with Crippen LogP contribution in [0.15, 0.2) is 0 Å². The smallest absolute Gasteiger partial charge is 0.303 e. The minimum absolute atomic E-state index is 0.0685. The maximum absolute atomic E-state index is 12.0.